The molecule has 0 amide bonds. The number of hydrogen-bond donors (Lipinski definition) is 1. The molecular weight excluding hydrogens is 444 g/mol. The van der Waals surface area contributed by atoms with Crippen molar-refractivity contribution in [3.8, 4) is 5.75 Å². The summed E-state index contributed by atoms with van der Waals surface area (Å²) in [5, 5.41) is 16.4. The molecule has 0 spiro atoms. The lowest BCUT2D eigenvalue weighted by atomic mass is 10.1. The predicted octanol–water partition coefficient (Wildman–Crippen LogP) is 6.70. The number of nitro groups is 1. The first-order valence-electron chi connectivity index (χ1n) is 9.46. The molecule has 4 rings (SSSR count). The lowest BCUT2D eigenvalue weighted by Crippen LogP contribution is -2.01. The highest BCUT2D eigenvalue weighted by Gasteiger charge is 2.07. The van der Waals surface area contributed by atoms with Crippen molar-refractivity contribution in [3.63, 3.8) is 0 Å². The van der Waals surface area contributed by atoms with E-state index in [2.05, 4.69) is 45.5 Å². The Labute approximate surface area is 182 Å². The fourth-order valence-electron chi connectivity index (χ4n) is 3.25. The van der Waals surface area contributed by atoms with E-state index >= 15 is 0 Å². The predicted molar refractivity (Wildman–Crippen MR) is 123 cm³/mol. The number of nitrogens with one attached hydrogen (secondary N) is 1. The van der Waals surface area contributed by atoms with E-state index < -0.39 is 4.92 Å². The first-order valence-corrected chi connectivity index (χ1v) is 10.3. The number of benzene rings is 4. The SMILES string of the molecule is O=[N+]([O-])c1ccc(NCc2ccc(OCc3cccc4ccccc34)c(Br)c2)cc1. The summed E-state index contributed by atoms with van der Waals surface area (Å²) in [4.78, 5) is 10.3. The lowest BCUT2D eigenvalue weighted by Gasteiger charge is -2.12. The van der Waals surface area contributed by atoms with Crippen LogP contribution in [0.2, 0.25) is 0 Å². The van der Waals surface area contributed by atoms with Crippen molar-refractivity contribution in [3.05, 3.63) is 111 Å². The Morgan fingerprint density at radius 3 is 2.47 bits per heavy atom. The molecular formula is C24H19BrN2O3. The van der Waals surface area contributed by atoms with Gasteiger partial charge in [0.2, 0.25) is 0 Å². The second-order valence-electron chi connectivity index (χ2n) is 6.85. The minimum Gasteiger partial charge on any atom is -0.488 e. The molecule has 0 fully saturated rings. The van der Waals surface area contributed by atoms with E-state index in [1.54, 1.807) is 12.1 Å². The molecule has 4 aromatic carbocycles. The third-order valence-electron chi connectivity index (χ3n) is 4.83. The number of hydrogen-bond acceptors (Lipinski definition) is 4. The van der Waals surface area contributed by atoms with E-state index in [9.17, 15) is 10.1 Å². The number of nitro benzene ring substituents is 1. The zero-order valence-corrected chi connectivity index (χ0v) is 17.6. The molecule has 0 unspecified atom stereocenters. The van der Waals surface area contributed by atoms with Crippen LogP contribution < -0.4 is 10.1 Å². The van der Waals surface area contributed by atoms with E-state index in [4.69, 9.17) is 4.74 Å². The summed E-state index contributed by atoms with van der Waals surface area (Å²) in [7, 11) is 0. The maximum atomic E-state index is 10.7. The van der Waals surface area contributed by atoms with Crippen molar-refractivity contribution in [2.45, 2.75) is 13.2 Å². The van der Waals surface area contributed by atoms with Gasteiger partial charge in [-0.2, -0.15) is 0 Å². The van der Waals surface area contributed by atoms with Crippen molar-refractivity contribution >= 4 is 38.1 Å². The van der Waals surface area contributed by atoms with Crippen molar-refractivity contribution in [2.24, 2.45) is 0 Å². The highest BCUT2D eigenvalue weighted by molar-refractivity contribution is 9.10. The molecule has 5 nitrogen and oxygen atoms in total. The summed E-state index contributed by atoms with van der Waals surface area (Å²) in [5.41, 5.74) is 3.12. The molecule has 0 radical (unpaired) electrons. The Hall–Kier alpha value is -3.38. The van der Waals surface area contributed by atoms with Crippen LogP contribution in [-0.4, -0.2) is 4.92 Å². The number of ether oxygens (including phenoxy) is 1. The first kappa shape index (κ1) is 19.9. The van der Waals surface area contributed by atoms with Gasteiger partial charge in [0, 0.05) is 24.4 Å². The normalized spacial score (nSPS) is 10.7. The molecule has 0 saturated carbocycles. The first-order chi connectivity index (χ1) is 14.6. The zero-order valence-electron chi connectivity index (χ0n) is 16.0. The molecule has 0 atom stereocenters. The van der Waals surface area contributed by atoms with Crippen LogP contribution in [-0.2, 0) is 13.2 Å². The summed E-state index contributed by atoms with van der Waals surface area (Å²) in [6.45, 7) is 1.08. The van der Waals surface area contributed by atoms with Gasteiger partial charge in [0.15, 0.2) is 0 Å². The van der Waals surface area contributed by atoms with Gasteiger partial charge in [-0.05, 0) is 62.1 Å². The van der Waals surface area contributed by atoms with Crippen LogP contribution in [0.15, 0.2) is 89.4 Å². The average Bonchev–Trinajstić information content (AvgIpc) is 2.77. The molecule has 0 saturated heterocycles. The van der Waals surface area contributed by atoms with Crippen LogP contribution in [0.5, 0.6) is 5.75 Å². The molecule has 4 aromatic rings. The van der Waals surface area contributed by atoms with Crippen molar-refractivity contribution in [2.75, 3.05) is 5.32 Å². The Morgan fingerprint density at radius 2 is 1.70 bits per heavy atom. The number of nitrogens with zero attached hydrogens (tertiary/aromatic N) is 1. The van der Waals surface area contributed by atoms with Gasteiger partial charge in [0.25, 0.3) is 5.69 Å². The molecule has 0 aliphatic rings. The lowest BCUT2D eigenvalue weighted by molar-refractivity contribution is -0.384. The van der Waals surface area contributed by atoms with E-state index in [-0.39, 0.29) is 5.69 Å². The largest absolute Gasteiger partial charge is 0.488 e. The fraction of sp³-hybridized carbons (Fsp3) is 0.0833. The smallest absolute Gasteiger partial charge is 0.269 e. The van der Waals surface area contributed by atoms with Gasteiger partial charge in [0.1, 0.15) is 12.4 Å². The number of fused-ring (bicyclic) bond motifs is 1. The van der Waals surface area contributed by atoms with Gasteiger partial charge in [-0.1, -0.05) is 48.5 Å². The highest BCUT2D eigenvalue weighted by Crippen LogP contribution is 2.28. The molecule has 1 N–H and O–H groups in total. The van der Waals surface area contributed by atoms with Gasteiger partial charge in [-0.3, -0.25) is 10.1 Å². The van der Waals surface area contributed by atoms with E-state index in [1.807, 2.05) is 36.4 Å². The summed E-state index contributed by atoms with van der Waals surface area (Å²) in [6.07, 6.45) is 0. The van der Waals surface area contributed by atoms with Gasteiger partial charge < -0.3 is 10.1 Å². The molecule has 150 valence electrons. The maximum Gasteiger partial charge on any atom is 0.269 e. The summed E-state index contributed by atoms with van der Waals surface area (Å²) in [6, 6.07) is 26.8. The minimum absolute atomic E-state index is 0.0796. The molecule has 0 aliphatic carbocycles. The third kappa shape index (κ3) is 4.60. The van der Waals surface area contributed by atoms with E-state index in [1.165, 1.54) is 22.9 Å². The van der Waals surface area contributed by atoms with Crippen LogP contribution in [0.3, 0.4) is 0 Å². The van der Waals surface area contributed by atoms with Crippen molar-refractivity contribution in [1.29, 1.82) is 0 Å². The number of anilines is 1. The number of halogens is 1. The van der Waals surface area contributed by atoms with Gasteiger partial charge in [-0.25, -0.2) is 0 Å². The molecule has 0 aromatic heterocycles. The van der Waals surface area contributed by atoms with Crippen molar-refractivity contribution < 1.29 is 9.66 Å². The fourth-order valence-corrected chi connectivity index (χ4v) is 3.79. The topological polar surface area (TPSA) is 64.4 Å². The van der Waals surface area contributed by atoms with Gasteiger partial charge in [0.05, 0.1) is 9.40 Å². The molecule has 6 heteroatoms. The Balaban J connectivity index is 1.40. The van der Waals surface area contributed by atoms with Crippen LogP contribution in [0.1, 0.15) is 11.1 Å². The molecule has 30 heavy (non-hydrogen) atoms. The van der Waals surface area contributed by atoms with Gasteiger partial charge >= 0.3 is 0 Å². The highest BCUT2D eigenvalue weighted by atomic mass is 79.9. The van der Waals surface area contributed by atoms with Crippen LogP contribution in [0, 0.1) is 10.1 Å². The summed E-state index contributed by atoms with van der Waals surface area (Å²) < 4.78 is 6.93. The Morgan fingerprint density at radius 1 is 0.933 bits per heavy atom. The standard InChI is InChI=1S/C24H19BrN2O3/c25-23-14-17(15-26-20-9-11-21(12-10-20)27(28)29)8-13-24(23)30-16-19-6-3-5-18-4-1-2-7-22(18)19/h1-14,26H,15-16H2. The quantitative estimate of drug-likeness (QED) is 0.245. The Kier molecular flexibility index (Phi) is 5.95. The molecule has 0 aliphatic heterocycles. The second-order valence-corrected chi connectivity index (χ2v) is 7.70. The van der Waals surface area contributed by atoms with E-state index in [0.717, 1.165) is 27.0 Å². The third-order valence-corrected chi connectivity index (χ3v) is 5.45. The monoisotopic (exact) mass is 462 g/mol. The maximum absolute atomic E-state index is 10.7. The second kappa shape index (κ2) is 8.97. The number of non-ortho nitro benzene ring substituents is 1. The van der Waals surface area contributed by atoms with E-state index in [0.29, 0.717) is 13.2 Å². The zero-order chi connectivity index (χ0) is 20.9. The number of rotatable bonds is 7. The average molecular weight is 463 g/mol. The molecule has 0 heterocycles. The minimum atomic E-state index is -0.405. The summed E-state index contributed by atoms with van der Waals surface area (Å²) in [5.74, 6) is 0.780. The van der Waals surface area contributed by atoms with Crippen LogP contribution in [0.25, 0.3) is 10.8 Å². The van der Waals surface area contributed by atoms with Crippen LogP contribution in [0.4, 0.5) is 11.4 Å². The van der Waals surface area contributed by atoms with Crippen LogP contribution >= 0.6 is 15.9 Å². The Bertz CT molecular complexity index is 1190. The van der Waals surface area contributed by atoms with Crippen molar-refractivity contribution in [1.82, 2.24) is 0 Å². The summed E-state index contributed by atoms with van der Waals surface area (Å²) >= 11 is 3.59. The van der Waals surface area contributed by atoms with Gasteiger partial charge in [-0.15, -0.1) is 0 Å². The molecule has 0 bridgehead atoms.